The number of para-hydroxylation sites is 1. The quantitative estimate of drug-likeness (QED) is 0.392. The van der Waals surface area contributed by atoms with Gasteiger partial charge in [-0.2, -0.15) is 13.2 Å². The van der Waals surface area contributed by atoms with Crippen LogP contribution in [0.4, 0.5) is 18.9 Å². The Balaban J connectivity index is 1.58. The van der Waals surface area contributed by atoms with Gasteiger partial charge in [0.15, 0.2) is 0 Å². The fraction of sp³-hybridized carbons (Fsp3) is 0.120. The molecule has 1 aromatic heterocycles. The first-order valence-corrected chi connectivity index (χ1v) is 10.3. The number of alkyl halides is 3. The average molecular weight is 449 g/mol. The second-order valence-corrected chi connectivity index (χ2v) is 7.87. The zero-order chi connectivity index (χ0) is 23.2. The van der Waals surface area contributed by atoms with Crippen molar-refractivity contribution >= 4 is 28.4 Å². The third kappa shape index (κ3) is 3.73. The Bertz CT molecular complexity index is 1380. The van der Waals surface area contributed by atoms with E-state index in [-0.39, 0.29) is 11.6 Å². The normalized spacial score (nSPS) is 18.0. The van der Waals surface area contributed by atoms with Gasteiger partial charge in [-0.1, -0.05) is 42.5 Å². The van der Waals surface area contributed by atoms with Crippen LogP contribution in [0.5, 0.6) is 0 Å². The van der Waals surface area contributed by atoms with Crippen LogP contribution in [-0.2, 0) is 11.0 Å². The highest BCUT2D eigenvalue weighted by Gasteiger charge is 2.40. The minimum atomic E-state index is -4.53. The number of hydrogen-bond donors (Lipinski definition) is 3. The number of nitrogens with one attached hydrogen (secondary N) is 3. The van der Waals surface area contributed by atoms with E-state index in [1.807, 2.05) is 24.3 Å². The summed E-state index contributed by atoms with van der Waals surface area (Å²) in [7, 11) is 0. The van der Waals surface area contributed by atoms with E-state index in [2.05, 4.69) is 15.6 Å². The number of fused-ring (bicyclic) bond motifs is 2. The van der Waals surface area contributed by atoms with Crippen LogP contribution in [0.15, 0.2) is 79.0 Å². The number of rotatable bonds is 3. The van der Waals surface area contributed by atoms with Crippen LogP contribution in [0, 0.1) is 0 Å². The Kier molecular flexibility index (Phi) is 4.92. The van der Waals surface area contributed by atoms with E-state index in [0.717, 1.165) is 28.6 Å². The second kappa shape index (κ2) is 7.81. The van der Waals surface area contributed by atoms with Crippen LogP contribution >= 0.6 is 0 Å². The monoisotopic (exact) mass is 449 g/mol. The molecule has 0 saturated heterocycles. The molecule has 0 fully saturated rings. The van der Waals surface area contributed by atoms with Crippen LogP contribution < -0.4 is 10.6 Å². The Hall–Kier alpha value is -4.07. The highest BCUT2D eigenvalue weighted by Crippen LogP contribution is 2.40. The molecule has 3 N–H and O–H groups in total. The van der Waals surface area contributed by atoms with Gasteiger partial charge < -0.3 is 15.6 Å². The Morgan fingerprint density at radius 2 is 1.67 bits per heavy atom. The molecular weight excluding hydrogens is 431 g/mol. The minimum Gasteiger partial charge on any atom is -0.361 e. The van der Waals surface area contributed by atoms with Gasteiger partial charge in [0.1, 0.15) is 0 Å². The van der Waals surface area contributed by atoms with Crippen LogP contribution in [0.1, 0.15) is 39.0 Å². The van der Waals surface area contributed by atoms with Gasteiger partial charge in [0.25, 0.3) is 5.91 Å². The fourth-order valence-corrected chi connectivity index (χ4v) is 4.35. The lowest BCUT2D eigenvalue weighted by molar-refractivity contribution is -0.137. The Morgan fingerprint density at radius 1 is 0.909 bits per heavy atom. The number of carbonyl (C=O) groups excluding carboxylic acids is 2. The maximum atomic E-state index is 13.5. The Morgan fingerprint density at radius 3 is 2.48 bits per heavy atom. The molecule has 166 valence electrons. The first-order valence-electron chi connectivity index (χ1n) is 10.3. The molecule has 3 aromatic carbocycles. The molecular formula is C25H18F3N3O2. The van der Waals surface area contributed by atoms with Crippen LogP contribution in [0.25, 0.3) is 10.9 Å². The predicted octanol–water partition coefficient (Wildman–Crippen LogP) is 5.39. The number of aromatic amines is 1. The smallest absolute Gasteiger partial charge is 0.361 e. The van der Waals surface area contributed by atoms with Gasteiger partial charge in [-0.15, -0.1) is 0 Å². The summed E-state index contributed by atoms with van der Waals surface area (Å²) in [6.07, 6.45) is -2.78. The summed E-state index contributed by atoms with van der Waals surface area (Å²) in [5.41, 5.74) is 1.61. The zero-order valence-corrected chi connectivity index (χ0v) is 17.1. The minimum absolute atomic E-state index is 0.0295. The van der Waals surface area contributed by atoms with Gasteiger partial charge in [0.05, 0.1) is 17.5 Å². The van der Waals surface area contributed by atoms with Crippen molar-refractivity contribution in [2.75, 3.05) is 5.32 Å². The highest BCUT2D eigenvalue weighted by molar-refractivity contribution is 6.05. The number of amides is 2. The lowest BCUT2D eigenvalue weighted by atomic mass is 9.80. The van der Waals surface area contributed by atoms with Crippen LogP contribution in [-0.4, -0.2) is 16.8 Å². The van der Waals surface area contributed by atoms with Gasteiger partial charge in [0.2, 0.25) is 5.91 Å². The molecule has 0 saturated carbocycles. The summed E-state index contributed by atoms with van der Waals surface area (Å²) in [4.78, 5) is 29.5. The van der Waals surface area contributed by atoms with E-state index in [9.17, 15) is 22.8 Å². The number of carbonyl (C=O) groups is 2. The molecule has 4 aromatic rings. The molecule has 1 aliphatic heterocycles. The first kappa shape index (κ1) is 20.8. The van der Waals surface area contributed by atoms with Gasteiger partial charge in [-0.05, 0) is 35.9 Å². The van der Waals surface area contributed by atoms with Crippen molar-refractivity contribution in [2.24, 2.45) is 0 Å². The second-order valence-electron chi connectivity index (χ2n) is 7.87. The van der Waals surface area contributed by atoms with Crippen molar-refractivity contribution in [2.45, 2.75) is 18.1 Å². The summed E-state index contributed by atoms with van der Waals surface area (Å²) in [6.45, 7) is 0. The maximum Gasteiger partial charge on any atom is 0.416 e. The van der Waals surface area contributed by atoms with E-state index < -0.39 is 29.6 Å². The first-order chi connectivity index (χ1) is 15.8. The fourth-order valence-electron chi connectivity index (χ4n) is 4.35. The van der Waals surface area contributed by atoms with Gasteiger partial charge in [0, 0.05) is 33.9 Å². The summed E-state index contributed by atoms with van der Waals surface area (Å²) in [6, 6.07) is 18.0. The van der Waals surface area contributed by atoms with E-state index in [1.165, 1.54) is 12.1 Å². The molecule has 33 heavy (non-hydrogen) atoms. The zero-order valence-electron chi connectivity index (χ0n) is 17.1. The molecule has 2 amide bonds. The number of H-pyrrole nitrogens is 1. The summed E-state index contributed by atoms with van der Waals surface area (Å²) in [5.74, 6) is -1.69. The van der Waals surface area contributed by atoms with Crippen molar-refractivity contribution < 1.29 is 22.8 Å². The lowest BCUT2D eigenvalue weighted by Gasteiger charge is -2.33. The van der Waals surface area contributed by atoms with Crippen LogP contribution in [0.2, 0.25) is 0 Å². The molecule has 2 atom stereocenters. The molecule has 0 radical (unpaired) electrons. The number of halogens is 3. The molecule has 8 heteroatoms. The van der Waals surface area contributed by atoms with Gasteiger partial charge in [-0.25, -0.2) is 0 Å². The topological polar surface area (TPSA) is 74.0 Å². The van der Waals surface area contributed by atoms with Crippen LogP contribution in [0.3, 0.4) is 0 Å². The molecule has 2 heterocycles. The van der Waals surface area contributed by atoms with Gasteiger partial charge >= 0.3 is 6.18 Å². The Labute approximate surface area is 186 Å². The molecule has 0 aliphatic carbocycles. The number of benzene rings is 3. The number of hydrogen-bond acceptors (Lipinski definition) is 2. The largest absolute Gasteiger partial charge is 0.416 e. The summed E-state index contributed by atoms with van der Waals surface area (Å²) >= 11 is 0. The van der Waals surface area contributed by atoms with Gasteiger partial charge in [-0.3, -0.25) is 9.59 Å². The molecule has 1 aliphatic rings. The molecule has 5 nitrogen and oxygen atoms in total. The summed E-state index contributed by atoms with van der Waals surface area (Å²) in [5, 5.41) is 6.39. The third-order valence-electron chi connectivity index (χ3n) is 5.86. The van der Waals surface area contributed by atoms with E-state index >= 15 is 0 Å². The number of anilines is 1. The van der Waals surface area contributed by atoms with Crippen molar-refractivity contribution in [3.63, 3.8) is 0 Å². The third-order valence-corrected chi connectivity index (χ3v) is 5.86. The van der Waals surface area contributed by atoms with E-state index in [1.54, 1.807) is 30.5 Å². The van der Waals surface area contributed by atoms with Crippen molar-refractivity contribution in [3.8, 4) is 0 Å². The van der Waals surface area contributed by atoms with Crippen molar-refractivity contribution in [1.29, 1.82) is 0 Å². The summed E-state index contributed by atoms with van der Waals surface area (Å²) < 4.78 is 39.4. The molecule has 0 spiro atoms. The lowest BCUT2D eigenvalue weighted by Crippen LogP contribution is -2.42. The predicted molar refractivity (Wildman–Crippen MR) is 118 cm³/mol. The van der Waals surface area contributed by atoms with E-state index in [0.29, 0.717) is 11.1 Å². The van der Waals surface area contributed by atoms with Crippen molar-refractivity contribution in [3.05, 3.63) is 101 Å². The van der Waals surface area contributed by atoms with Crippen molar-refractivity contribution in [1.82, 2.24) is 10.3 Å². The van der Waals surface area contributed by atoms with E-state index in [4.69, 9.17) is 0 Å². The maximum absolute atomic E-state index is 13.5. The standard InChI is InChI=1S/C25H18F3N3O2/c26-25(27,28)14-6-5-7-15(12-14)30-24(33)21-17-9-1-2-10-18(17)23(32)31-22(21)19-13-29-20-11-4-3-8-16(19)20/h1-13,21-22,29H,(H,30,33)(H,31,32). The average Bonchev–Trinajstić information content (AvgIpc) is 3.22. The molecule has 5 rings (SSSR count). The SMILES string of the molecule is O=C1NC(c2c[nH]c3ccccc23)C(C(=O)Nc2cccc(C(F)(F)F)c2)c2ccccc21. The molecule has 0 bridgehead atoms. The number of aromatic nitrogens is 1. The molecule has 2 unspecified atom stereocenters. The highest BCUT2D eigenvalue weighted by atomic mass is 19.4.